The molecule has 0 bridgehead atoms. The number of fused-ring (bicyclic) bond motifs is 6. The largest absolute Gasteiger partial charge is 0.310 e. The second-order valence-electron chi connectivity index (χ2n) is 19.0. The fourth-order valence-electron chi connectivity index (χ4n) is 11.6. The van der Waals surface area contributed by atoms with Crippen LogP contribution in [0.1, 0.15) is 0 Å². The number of benzene rings is 10. The number of hydrogen-bond acceptors (Lipinski definition) is 0. The highest BCUT2D eigenvalue weighted by Crippen LogP contribution is 2.41. The van der Waals surface area contributed by atoms with Crippen LogP contribution in [0.4, 0.5) is 0 Å². The van der Waals surface area contributed by atoms with E-state index in [0.29, 0.717) is 0 Å². The lowest BCUT2D eigenvalue weighted by molar-refractivity contribution is 1.18. The Morgan fingerprint density at radius 1 is 0.261 bits per heavy atom. The van der Waals surface area contributed by atoms with Crippen molar-refractivity contribution in [2.24, 2.45) is 0 Å². The zero-order chi connectivity index (χ0) is 47.1. The van der Waals surface area contributed by atoms with Gasteiger partial charge in [-0.15, -0.1) is 5.46 Å². The maximum absolute atomic E-state index is 2.63. The predicted octanol–water partition coefficient (Wildman–Crippen LogP) is 4.02. The fourth-order valence-corrected chi connectivity index (χ4v) is 11.6. The van der Waals surface area contributed by atoms with Crippen LogP contribution < -0.4 is 38.2 Å². The van der Waals surface area contributed by atoms with Gasteiger partial charge in [-0.2, -0.15) is 0 Å². The van der Waals surface area contributed by atoms with Crippen LogP contribution in [0.25, 0.3) is 111 Å². The van der Waals surface area contributed by atoms with Gasteiger partial charge in [0.1, 0.15) is 54.9 Å². The molecule has 0 radical (unpaired) electrons. The molecule has 69 heavy (non-hydrogen) atoms. The van der Waals surface area contributed by atoms with Gasteiger partial charge in [-0.3, -0.25) is 0 Å². The maximum Gasteiger partial charge on any atom is 0.141 e. The Labute approximate surface area is 410 Å². The molecule has 2 heterocycles. The molecule has 0 saturated carbocycles. The summed E-state index contributed by atoms with van der Waals surface area (Å²) in [5.41, 5.74) is 28.9. The fraction of sp³-hybridized carbons (Fsp3) is 0. The first-order valence-electron chi connectivity index (χ1n) is 24.3. The molecular weight excluding hydrogens is 824 g/mol. The smallest absolute Gasteiger partial charge is 0.141 e. The summed E-state index contributed by atoms with van der Waals surface area (Å²) in [5.74, 6) is 0. The summed E-state index contributed by atoms with van der Waals surface area (Å²) in [6.45, 7) is 0. The Kier molecular flexibility index (Phi) is 10.4. The minimum Gasteiger partial charge on any atom is -0.310 e. The molecule has 2 aromatic heterocycles. The summed E-state index contributed by atoms with van der Waals surface area (Å²) in [7, 11) is 16.4. The topological polar surface area (TPSA) is 9.86 Å². The van der Waals surface area contributed by atoms with E-state index in [1.165, 1.54) is 149 Å². The number of aromatic nitrogens is 2. The predicted molar refractivity (Wildman–Crippen MR) is 320 cm³/mol. The van der Waals surface area contributed by atoms with Crippen molar-refractivity contribution >= 4 is 137 Å². The molecule has 0 aliphatic heterocycles. The zero-order valence-corrected chi connectivity index (χ0v) is 40.4. The molecule has 0 saturated heterocycles. The molecule has 9 heteroatoms. The van der Waals surface area contributed by atoms with Crippen LogP contribution in [0.5, 0.6) is 0 Å². The van der Waals surface area contributed by atoms with Crippen LogP contribution in [0, 0.1) is 0 Å². The van der Waals surface area contributed by atoms with E-state index >= 15 is 0 Å². The second kappa shape index (κ2) is 16.8. The van der Waals surface area contributed by atoms with Crippen LogP contribution in [-0.4, -0.2) is 64.1 Å². The van der Waals surface area contributed by atoms with Crippen molar-refractivity contribution in [3.05, 3.63) is 200 Å². The molecule has 0 amide bonds. The van der Waals surface area contributed by atoms with Gasteiger partial charge in [-0.25, -0.2) is 0 Å². The van der Waals surface area contributed by atoms with E-state index in [-0.39, 0.29) is 0 Å². The van der Waals surface area contributed by atoms with Crippen molar-refractivity contribution in [1.82, 2.24) is 9.13 Å². The number of hydrogen-bond donors (Lipinski definition) is 0. The lowest BCUT2D eigenvalue weighted by Gasteiger charge is -2.21. The van der Waals surface area contributed by atoms with Gasteiger partial charge in [-0.05, 0) is 86.3 Å². The third-order valence-corrected chi connectivity index (χ3v) is 15.5. The molecule has 12 rings (SSSR count). The minimum atomic E-state index is 1.17. The van der Waals surface area contributed by atoms with E-state index < -0.39 is 0 Å². The molecule has 0 spiro atoms. The van der Waals surface area contributed by atoms with E-state index in [0.717, 1.165) is 0 Å². The van der Waals surface area contributed by atoms with Gasteiger partial charge in [0.25, 0.3) is 0 Å². The van der Waals surface area contributed by atoms with Gasteiger partial charge >= 0.3 is 0 Å². The molecule has 318 valence electrons. The molecule has 0 aliphatic carbocycles. The van der Waals surface area contributed by atoms with Gasteiger partial charge in [0, 0.05) is 38.3 Å². The summed E-state index contributed by atoms with van der Waals surface area (Å²) in [4.78, 5) is 0. The Morgan fingerprint density at radius 3 is 1.38 bits per heavy atom. The first kappa shape index (κ1) is 42.6. The number of para-hydroxylation sites is 1. The highest BCUT2D eigenvalue weighted by Gasteiger charge is 2.27. The summed E-state index contributed by atoms with van der Waals surface area (Å²) in [6.07, 6.45) is 0. The SMILES string of the molecule is Bc1c(B)c(B)c2c(c1B)c1c(B)c(-c3ccc4c(c3)c3ccc(-c5ccccc5)cc3n4-c3ccccc3-c3ccccc3)c(B)c(B)c1n2-c1ccc(-c2ccccc2)cc1-c1ccccc1. The van der Waals surface area contributed by atoms with E-state index in [2.05, 4.69) is 264 Å². The standard InChI is InChI=1S/C60H47B7N2/c61-52-49(40-27-30-47-44(32-40)42-28-25-39(35-17-7-2-8-18-35)33-48(42)68(47)45-24-14-13-23-41(45)36-19-9-3-10-20-36)53(62)57(66)59-50(52)51-54(63)55(64)56(65)58(67)60(51)69(59)46-29-26-38(34-15-5-1-6-16-34)31-43(46)37-21-11-4-12-22-37/h1-33H,61-67H2. The summed E-state index contributed by atoms with van der Waals surface area (Å²) >= 11 is 0. The van der Waals surface area contributed by atoms with Crippen molar-refractivity contribution in [3.63, 3.8) is 0 Å². The average Bonchev–Trinajstić information content (AvgIpc) is 3.93. The molecule has 2 nitrogen and oxygen atoms in total. The van der Waals surface area contributed by atoms with Gasteiger partial charge in [-0.1, -0.05) is 197 Å². The highest BCUT2D eigenvalue weighted by molar-refractivity contribution is 6.69. The van der Waals surface area contributed by atoms with E-state index in [4.69, 9.17) is 0 Å². The zero-order valence-electron chi connectivity index (χ0n) is 40.4. The summed E-state index contributed by atoms with van der Waals surface area (Å²) in [5, 5.41) is 5.17. The van der Waals surface area contributed by atoms with E-state index in [1.807, 2.05) is 0 Å². The Hall–Kier alpha value is -7.75. The molecular formula is C60H47B7N2. The first-order valence-corrected chi connectivity index (χ1v) is 24.3. The number of nitrogens with zero attached hydrogens (tertiary/aromatic N) is 2. The lowest BCUT2D eigenvalue weighted by Crippen LogP contribution is -2.48. The molecule has 0 atom stereocenters. The van der Waals surface area contributed by atoms with Crippen molar-refractivity contribution in [2.45, 2.75) is 0 Å². The van der Waals surface area contributed by atoms with E-state index in [9.17, 15) is 0 Å². The normalized spacial score (nSPS) is 11.6. The second-order valence-corrected chi connectivity index (χ2v) is 19.0. The third kappa shape index (κ3) is 6.73. The van der Waals surface area contributed by atoms with Gasteiger partial charge in [0.15, 0.2) is 0 Å². The Bertz CT molecular complexity index is 4010. The first-order chi connectivity index (χ1) is 33.7. The van der Waals surface area contributed by atoms with Gasteiger partial charge in [0.05, 0.1) is 22.4 Å². The number of rotatable bonds is 7. The summed E-state index contributed by atoms with van der Waals surface area (Å²) < 4.78 is 5.12. The van der Waals surface area contributed by atoms with Gasteiger partial charge in [0.2, 0.25) is 0 Å². The Morgan fingerprint density at radius 2 is 0.739 bits per heavy atom. The molecule has 0 fully saturated rings. The van der Waals surface area contributed by atoms with Crippen LogP contribution in [0.3, 0.4) is 0 Å². The minimum absolute atomic E-state index is 1.17. The highest BCUT2D eigenvalue weighted by atomic mass is 15.0. The molecule has 0 N–H and O–H groups in total. The van der Waals surface area contributed by atoms with Crippen molar-refractivity contribution < 1.29 is 0 Å². The lowest BCUT2D eigenvalue weighted by atomic mass is 9.64. The maximum atomic E-state index is 2.63. The van der Waals surface area contributed by atoms with Crippen LogP contribution >= 0.6 is 0 Å². The Balaban J connectivity index is 1.15. The molecule has 0 aliphatic rings. The van der Waals surface area contributed by atoms with Crippen molar-refractivity contribution in [1.29, 1.82) is 0 Å². The molecule has 10 aromatic carbocycles. The molecule has 12 aromatic rings. The van der Waals surface area contributed by atoms with Crippen LogP contribution in [-0.2, 0) is 0 Å². The monoisotopic (exact) mass is 872 g/mol. The third-order valence-electron chi connectivity index (χ3n) is 15.5. The van der Waals surface area contributed by atoms with Crippen LogP contribution in [0.15, 0.2) is 200 Å². The molecule has 0 unspecified atom stereocenters. The average molecular weight is 872 g/mol. The van der Waals surface area contributed by atoms with Crippen LogP contribution in [0.2, 0.25) is 0 Å². The van der Waals surface area contributed by atoms with Crippen molar-refractivity contribution in [2.75, 3.05) is 0 Å². The van der Waals surface area contributed by atoms with E-state index in [1.54, 1.807) is 0 Å². The quantitative estimate of drug-likeness (QED) is 0.215. The van der Waals surface area contributed by atoms with Crippen molar-refractivity contribution in [3.8, 4) is 67.0 Å². The van der Waals surface area contributed by atoms with Gasteiger partial charge < -0.3 is 9.13 Å². The summed E-state index contributed by atoms with van der Waals surface area (Å²) in [6, 6.07) is 73.5.